The molecule has 0 spiro atoms. The van der Waals surface area contributed by atoms with E-state index in [-0.39, 0.29) is 12.7 Å². The highest BCUT2D eigenvalue weighted by Gasteiger charge is 2.19. The Kier molecular flexibility index (Phi) is 3.58. The van der Waals surface area contributed by atoms with Crippen molar-refractivity contribution in [3.05, 3.63) is 18.3 Å². The molecule has 0 bridgehead atoms. The highest BCUT2D eigenvalue weighted by molar-refractivity contribution is 5.53. The number of pyridine rings is 1. The monoisotopic (exact) mass is 223 g/mol. The Morgan fingerprint density at radius 2 is 2.56 bits per heavy atom. The van der Waals surface area contributed by atoms with Crippen LogP contribution in [0, 0.1) is 0 Å². The Hall–Kier alpha value is -1.33. The van der Waals surface area contributed by atoms with E-state index in [1.165, 1.54) is 0 Å². The summed E-state index contributed by atoms with van der Waals surface area (Å²) in [6, 6.07) is 3.97. The lowest BCUT2D eigenvalue weighted by molar-refractivity contribution is 0.00357. The number of aliphatic hydroxyl groups is 1. The number of nitrogens with one attached hydrogen (secondary N) is 1. The fourth-order valence-electron chi connectivity index (χ4n) is 1.82. The van der Waals surface area contributed by atoms with Crippen LogP contribution in [0.25, 0.3) is 0 Å². The molecular formula is C11H17N3O2. The summed E-state index contributed by atoms with van der Waals surface area (Å²) in [5, 5.41) is 12.1. The molecule has 2 N–H and O–H groups in total. The number of hydrogen-bond acceptors (Lipinski definition) is 5. The first kappa shape index (κ1) is 11.2. The van der Waals surface area contributed by atoms with Crippen molar-refractivity contribution >= 4 is 11.5 Å². The van der Waals surface area contributed by atoms with Gasteiger partial charge in [-0.1, -0.05) is 0 Å². The lowest BCUT2D eigenvalue weighted by Gasteiger charge is -2.33. The maximum absolute atomic E-state index is 9.08. The Labute approximate surface area is 95.1 Å². The van der Waals surface area contributed by atoms with Crippen molar-refractivity contribution in [1.29, 1.82) is 0 Å². The van der Waals surface area contributed by atoms with Gasteiger partial charge in [-0.25, -0.2) is 4.98 Å². The molecular weight excluding hydrogens is 206 g/mol. The summed E-state index contributed by atoms with van der Waals surface area (Å²) >= 11 is 0. The van der Waals surface area contributed by atoms with Crippen LogP contribution in [0.5, 0.6) is 0 Å². The molecule has 1 unspecified atom stereocenters. The molecule has 1 aliphatic heterocycles. The van der Waals surface area contributed by atoms with Gasteiger partial charge in [0.05, 0.1) is 19.3 Å². The molecule has 1 aromatic rings. The Balaban J connectivity index is 2.10. The molecule has 1 aliphatic rings. The smallest absolute Gasteiger partial charge is 0.127 e. The van der Waals surface area contributed by atoms with Gasteiger partial charge in [0.1, 0.15) is 5.82 Å². The third-order valence-electron chi connectivity index (χ3n) is 2.71. The summed E-state index contributed by atoms with van der Waals surface area (Å²) in [5.41, 5.74) is 1.11. The van der Waals surface area contributed by atoms with Crippen LogP contribution in [0.2, 0.25) is 0 Å². The second-order valence-electron chi connectivity index (χ2n) is 3.77. The van der Waals surface area contributed by atoms with Crippen molar-refractivity contribution in [1.82, 2.24) is 4.98 Å². The van der Waals surface area contributed by atoms with Gasteiger partial charge in [-0.15, -0.1) is 0 Å². The quantitative estimate of drug-likeness (QED) is 0.773. The van der Waals surface area contributed by atoms with E-state index in [1.54, 1.807) is 6.20 Å². The van der Waals surface area contributed by atoms with Gasteiger partial charge in [0, 0.05) is 38.1 Å². The van der Waals surface area contributed by atoms with E-state index >= 15 is 0 Å². The zero-order valence-electron chi connectivity index (χ0n) is 9.39. The van der Waals surface area contributed by atoms with Crippen molar-refractivity contribution in [3.63, 3.8) is 0 Å². The third-order valence-corrected chi connectivity index (χ3v) is 2.71. The van der Waals surface area contributed by atoms with Gasteiger partial charge in [0.15, 0.2) is 0 Å². The highest BCUT2D eigenvalue weighted by atomic mass is 16.5. The largest absolute Gasteiger partial charge is 0.394 e. The molecule has 0 amide bonds. The summed E-state index contributed by atoms with van der Waals surface area (Å²) in [4.78, 5) is 6.37. The first-order valence-electron chi connectivity index (χ1n) is 5.44. The van der Waals surface area contributed by atoms with E-state index in [9.17, 15) is 0 Å². The first-order valence-corrected chi connectivity index (χ1v) is 5.44. The van der Waals surface area contributed by atoms with Crippen LogP contribution in [-0.2, 0) is 4.74 Å². The Morgan fingerprint density at radius 3 is 3.31 bits per heavy atom. The molecule has 88 valence electrons. The number of aliphatic hydroxyl groups excluding tert-OH is 1. The lowest BCUT2D eigenvalue weighted by Crippen LogP contribution is -2.44. The maximum Gasteiger partial charge on any atom is 0.127 e. The number of anilines is 2. The average Bonchev–Trinajstić information content (AvgIpc) is 2.39. The van der Waals surface area contributed by atoms with Crippen LogP contribution in [0.1, 0.15) is 0 Å². The standard InChI is InChI=1S/C11H17N3O2/c1-12-11-6-9(2-3-13-11)14-4-5-16-10(7-14)8-15/h2-3,6,10,15H,4-5,7-8H2,1H3,(H,12,13). The van der Waals surface area contributed by atoms with Crippen LogP contribution in [0.4, 0.5) is 11.5 Å². The molecule has 1 saturated heterocycles. The highest BCUT2D eigenvalue weighted by Crippen LogP contribution is 2.19. The molecule has 16 heavy (non-hydrogen) atoms. The van der Waals surface area contributed by atoms with E-state index in [0.29, 0.717) is 6.61 Å². The fraction of sp³-hybridized carbons (Fsp3) is 0.545. The minimum atomic E-state index is -0.0834. The van der Waals surface area contributed by atoms with Gasteiger partial charge >= 0.3 is 0 Å². The summed E-state index contributed by atoms with van der Waals surface area (Å²) in [6.07, 6.45) is 1.70. The van der Waals surface area contributed by atoms with Crippen molar-refractivity contribution < 1.29 is 9.84 Å². The molecule has 1 fully saturated rings. The van der Waals surface area contributed by atoms with Gasteiger partial charge < -0.3 is 20.1 Å². The van der Waals surface area contributed by atoms with E-state index < -0.39 is 0 Å². The van der Waals surface area contributed by atoms with Crippen LogP contribution in [0.15, 0.2) is 18.3 Å². The minimum Gasteiger partial charge on any atom is -0.394 e. The summed E-state index contributed by atoms with van der Waals surface area (Å²) in [6.45, 7) is 2.30. The molecule has 2 rings (SSSR count). The van der Waals surface area contributed by atoms with Gasteiger partial charge in [0.2, 0.25) is 0 Å². The molecule has 0 saturated carbocycles. The zero-order valence-corrected chi connectivity index (χ0v) is 9.39. The number of morpholine rings is 1. The molecule has 2 heterocycles. The number of rotatable bonds is 3. The normalized spacial score (nSPS) is 20.9. The zero-order chi connectivity index (χ0) is 11.4. The Morgan fingerprint density at radius 1 is 1.69 bits per heavy atom. The number of aromatic nitrogens is 1. The molecule has 1 atom stereocenters. The molecule has 0 radical (unpaired) electrons. The van der Waals surface area contributed by atoms with Crippen molar-refractivity contribution in [2.45, 2.75) is 6.10 Å². The van der Waals surface area contributed by atoms with E-state index in [2.05, 4.69) is 15.2 Å². The predicted molar refractivity (Wildman–Crippen MR) is 62.8 cm³/mol. The molecule has 0 aliphatic carbocycles. The second-order valence-corrected chi connectivity index (χ2v) is 3.77. The number of nitrogens with zero attached hydrogens (tertiary/aromatic N) is 2. The number of ether oxygens (including phenoxy) is 1. The average molecular weight is 223 g/mol. The van der Waals surface area contributed by atoms with Crippen LogP contribution < -0.4 is 10.2 Å². The Bertz CT molecular complexity index is 346. The molecule has 5 heteroatoms. The van der Waals surface area contributed by atoms with Gasteiger partial charge in [-0.05, 0) is 6.07 Å². The van der Waals surface area contributed by atoms with E-state index in [0.717, 1.165) is 24.6 Å². The van der Waals surface area contributed by atoms with Gasteiger partial charge in [-0.3, -0.25) is 0 Å². The molecule has 1 aromatic heterocycles. The third kappa shape index (κ3) is 2.43. The minimum absolute atomic E-state index is 0.0699. The fourth-order valence-corrected chi connectivity index (χ4v) is 1.82. The van der Waals surface area contributed by atoms with Crippen LogP contribution >= 0.6 is 0 Å². The number of hydrogen-bond donors (Lipinski definition) is 2. The van der Waals surface area contributed by atoms with Crippen LogP contribution in [0.3, 0.4) is 0 Å². The van der Waals surface area contributed by atoms with Gasteiger partial charge in [-0.2, -0.15) is 0 Å². The summed E-state index contributed by atoms with van der Waals surface area (Å²) < 4.78 is 5.41. The predicted octanol–water partition coefficient (Wildman–Crippen LogP) is 0.321. The van der Waals surface area contributed by atoms with Crippen LogP contribution in [-0.4, -0.2) is 49.5 Å². The summed E-state index contributed by atoms with van der Waals surface area (Å²) in [5.74, 6) is 0.851. The topological polar surface area (TPSA) is 57.6 Å². The lowest BCUT2D eigenvalue weighted by atomic mass is 10.2. The first-order chi connectivity index (χ1) is 7.83. The van der Waals surface area contributed by atoms with Crippen molar-refractivity contribution in [2.75, 3.05) is 43.6 Å². The summed E-state index contributed by atoms with van der Waals surface area (Å²) in [7, 11) is 1.85. The van der Waals surface area contributed by atoms with Crippen molar-refractivity contribution in [2.24, 2.45) is 0 Å². The van der Waals surface area contributed by atoms with Crippen molar-refractivity contribution in [3.8, 4) is 0 Å². The maximum atomic E-state index is 9.08. The molecule has 0 aromatic carbocycles. The van der Waals surface area contributed by atoms with E-state index in [4.69, 9.17) is 9.84 Å². The van der Waals surface area contributed by atoms with Gasteiger partial charge in [0.25, 0.3) is 0 Å². The second kappa shape index (κ2) is 5.14. The van der Waals surface area contributed by atoms with E-state index in [1.807, 2.05) is 19.2 Å². The molecule has 5 nitrogen and oxygen atoms in total. The SMILES string of the molecule is CNc1cc(N2CCOC(CO)C2)ccn1.